The lowest BCUT2D eigenvalue weighted by molar-refractivity contribution is -0.116. The summed E-state index contributed by atoms with van der Waals surface area (Å²) in [6.45, 7) is 1.82. The maximum Gasteiger partial charge on any atom is 0.244 e. The number of benzene rings is 1. The fourth-order valence-electron chi connectivity index (χ4n) is 1.83. The molecular formula is C15H15FN2O2. The lowest BCUT2D eigenvalue weighted by Gasteiger charge is -2.06. The Morgan fingerprint density at radius 2 is 2.00 bits per heavy atom. The molecule has 20 heavy (non-hydrogen) atoms. The van der Waals surface area contributed by atoms with Crippen LogP contribution in [0.1, 0.15) is 23.7 Å². The van der Waals surface area contributed by atoms with Crippen LogP contribution in [-0.4, -0.2) is 16.3 Å². The first-order chi connectivity index (χ1) is 9.60. The Hall–Kier alpha value is -2.43. The Bertz CT molecular complexity index is 634. The van der Waals surface area contributed by atoms with E-state index in [0.717, 1.165) is 0 Å². The molecule has 0 aliphatic heterocycles. The molecule has 1 aromatic carbocycles. The second-order valence-corrected chi connectivity index (χ2v) is 4.38. The molecule has 0 radical (unpaired) electrons. The quantitative estimate of drug-likeness (QED) is 0.852. The molecule has 0 saturated heterocycles. The maximum absolute atomic E-state index is 13.4. The van der Waals surface area contributed by atoms with E-state index < -0.39 is 5.82 Å². The second-order valence-electron chi connectivity index (χ2n) is 4.38. The van der Waals surface area contributed by atoms with Crippen molar-refractivity contribution in [2.24, 2.45) is 0 Å². The molecule has 0 spiro atoms. The van der Waals surface area contributed by atoms with Crippen molar-refractivity contribution in [1.29, 1.82) is 0 Å². The zero-order chi connectivity index (χ0) is 14.5. The van der Waals surface area contributed by atoms with Gasteiger partial charge in [-0.05, 0) is 18.2 Å². The third-order valence-corrected chi connectivity index (χ3v) is 2.87. The molecule has 4 nitrogen and oxygen atoms in total. The number of aromatic nitrogens is 1. The zero-order valence-electron chi connectivity index (χ0n) is 11.1. The Morgan fingerprint density at radius 1 is 1.25 bits per heavy atom. The van der Waals surface area contributed by atoms with Gasteiger partial charge in [0.15, 0.2) is 5.78 Å². The van der Waals surface area contributed by atoms with Crippen molar-refractivity contribution >= 4 is 17.4 Å². The smallest absolute Gasteiger partial charge is 0.244 e. The molecule has 0 fully saturated rings. The molecule has 1 N–H and O–H groups in total. The van der Waals surface area contributed by atoms with Gasteiger partial charge in [0.05, 0.1) is 5.69 Å². The largest absolute Gasteiger partial charge is 0.344 e. The number of anilines is 1. The van der Waals surface area contributed by atoms with Gasteiger partial charge < -0.3 is 9.88 Å². The number of nitrogens with zero attached hydrogens (tertiary/aromatic N) is 1. The topological polar surface area (TPSA) is 51.1 Å². The summed E-state index contributed by atoms with van der Waals surface area (Å²) >= 11 is 0. The number of hydrogen-bond acceptors (Lipinski definition) is 2. The van der Waals surface area contributed by atoms with Crippen molar-refractivity contribution in [3.63, 3.8) is 0 Å². The van der Waals surface area contributed by atoms with Crippen LogP contribution in [0, 0.1) is 5.82 Å². The van der Waals surface area contributed by atoms with Gasteiger partial charge in [-0.3, -0.25) is 9.59 Å². The molecule has 1 aromatic heterocycles. The second kappa shape index (κ2) is 6.14. The van der Waals surface area contributed by atoms with E-state index in [1.165, 1.54) is 12.1 Å². The molecule has 2 aromatic rings. The first kappa shape index (κ1) is 14.0. The lowest BCUT2D eigenvalue weighted by atomic mass is 10.2. The monoisotopic (exact) mass is 274 g/mol. The zero-order valence-corrected chi connectivity index (χ0v) is 11.1. The third kappa shape index (κ3) is 3.32. The van der Waals surface area contributed by atoms with E-state index in [1.807, 2.05) is 0 Å². The van der Waals surface area contributed by atoms with E-state index in [-0.39, 0.29) is 23.9 Å². The van der Waals surface area contributed by atoms with E-state index in [2.05, 4.69) is 5.32 Å². The summed E-state index contributed by atoms with van der Waals surface area (Å²) in [7, 11) is 0. The highest BCUT2D eigenvalue weighted by atomic mass is 19.1. The van der Waals surface area contributed by atoms with E-state index in [1.54, 1.807) is 42.1 Å². The van der Waals surface area contributed by atoms with E-state index in [0.29, 0.717) is 12.0 Å². The van der Waals surface area contributed by atoms with Crippen molar-refractivity contribution in [3.05, 3.63) is 54.1 Å². The number of ketones is 1. The number of rotatable bonds is 5. The molecule has 1 amide bonds. The lowest BCUT2D eigenvalue weighted by Crippen LogP contribution is -2.18. The van der Waals surface area contributed by atoms with E-state index >= 15 is 0 Å². The molecule has 0 bridgehead atoms. The summed E-state index contributed by atoms with van der Waals surface area (Å²) in [4.78, 5) is 23.3. The van der Waals surface area contributed by atoms with Crippen molar-refractivity contribution in [1.82, 2.24) is 4.57 Å². The average Bonchev–Trinajstić information content (AvgIpc) is 2.89. The number of para-hydroxylation sites is 1. The van der Waals surface area contributed by atoms with Crippen LogP contribution in [-0.2, 0) is 11.3 Å². The summed E-state index contributed by atoms with van der Waals surface area (Å²) in [6, 6.07) is 7.65. The Morgan fingerprint density at radius 3 is 2.70 bits per heavy atom. The summed E-state index contributed by atoms with van der Waals surface area (Å²) in [6.07, 6.45) is 3.70. The number of carbonyl (C=O) groups excluding carboxylic acids is 2. The van der Waals surface area contributed by atoms with Gasteiger partial charge in [0, 0.05) is 24.4 Å². The van der Waals surface area contributed by atoms with Gasteiger partial charge >= 0.3 is 0 Å². The summed E-state index contributed by atoms with van der Waals surface area (Å²) in [5.74, 6) is -0.797. The minimum absolute atomic E-state index is 0.0262. The maximum atomic E-state index is 13.4. The van der Waals surface area contributed by atoms with Gasteiger partial charge in [-0.15, -0.1) is 0 Å². The van der Waals surface area contributed by atoms with Crippen LogP contribution in [0.3, 0.4) is 0 Å². The molecule has 5 heteroatoms. The molecule has 104 valence electrons. The number of halogens is 1. The first-order valence-corrected chi connectivity index (χ1v) is 6.33. The molecule has 0 unspecified atom stereocenters. The van der Waals surface area contributed by atoms with E-state index in [9.17, 15) is 14.0 Å². The van der Waals surface area contributed by atoms with Crippen molar-refractivity contribution in [2.45, 2.75) is 19.9 Å². The van der Waals surface area contributed by atoms with Gasteiger partial charge in [-0.25, -0.2) is 4.39 Å². The summed E-state index contributed by atoms with van der Waals surface area (Å²) < 4.78 is 15.0. The van der Waals surface area contributed by atoms with Crippen LogP contribution in [0.25, 0.3) is 0 Å². The number of Topliss-reactive ketones (excluding diaryl/α,β-unsaturated/α-hetero) is 1. The highest BCUT2D eigenvalue weighted by molar-refractivity contribution is 5.96. The number of carbonyl (C=O) groups is 2. The molecule has 0 saturated carbocycles. The average molecular weight is 274 g/mol. The first-order valence-electron chi connectivity index (χ1n) is 6.33. The van der Waals surface area contributed by atoms with Gasteiger partial charge in [0.25, 0.3) is 0 Å². The Labute approximate surface area is 116 Å². The highest BCUT2D eigenvalue weighted by Gasteiger charge is 2.09. The fraction of sp³-hybridized carbons (Fsp3) is 0.200. The van der Waals surface area contributed by atoms with Crippen LogP contribution >= 0.6 is 0 Å². The van der Waals surface area contributed by atoms with Crippen molar-refractivity contribution < 1.29 is 14.0 Å². The third-order valence-electron chi connectivity index (χ3n) is 2.87. The standard InChI is InChI=1S/C15H15FN2O2/c1-2-14(19)11-7-8-18(9-11)10-15(20)17-13-6-4-3-5-12(13)16/h3-9H,2,10H2,1H3,(H,17,20). The van der Waals surface area contributed by atoms with E-state index in [4.69, 9.17) is 0 Å². The predicted octanol–water partition coefficient (Wildman–Crippen LogP) is 2.86. The number of hydrogen-bond donors (Lipinski definition) is 1. The normalized spacial score (nSPS) is 10.3. The molecular weight excluding hydrogens is 259 g/mol. The number of amides is 1. The Kier molecular flexibility index (Phi) is 4.30. The SMILES string of the molecule is CCC(=O)c1ccn(CC(=O)Nc2ccccc2F)c1. The molecule has 1 heterocycles. The van der Waals surface area contributed by atoms with Gasteiger partial charge in [-0.1, -0.05) is 19.1 Å². The van der Waals surface area contributed by atoms with Crippen molar-refractivity contribution in [2.75, 3.05) is 5.32 Å². The number of nitrogens with one attached hydrogen (secondary N) is 1. The molecule has 0 atom stereocenters. The predicted molar refractivity (Wildman–Crippen MR) is 74.1 cm³/mol. The van der Waals surface area contributed by atoms with Crippen LogP contribution in [0.5, 0.6) is 0 Å². The minimum Gasteiger partial charge on any atom is -0.344 e. The minimum atomic E-state index is -0.477. The van der Waals surface area contributed by atoms with Crippen LogP contribution in [0.4, 0.5) is 10.1 Å². The highest BCUT2D eigenvalue weighted by Crippen LogP contribution is 2.12. The van der Waals surface area contributed by atoms with Gasteiger partial charge in [0.1, 0.15) is 12.4 Å². The fourth-order valence-corrected chi connectivity index (χ4v) is 1.83. The van der Waals surface area contributed by atoms with Gasteiger partial charge in [-0.2, -0.15) is 0 Å². The molecule has 2 rings (SSSR count). The van der Waals surface area contributed by atoms with Crippen LogP contribution in [0.2, 0.25) is 0 Å². The molecule has 0 aliphatic rings. The van der Waals surface area contributed by atoms with Gasteiger partial charge in [0.2, 0.25) is 5.91 Å². The molecule has 0 aliphatic carbocycles. The van der Waals surface area contributed by atoms with Crippen LogP contribution < -0.4 is 5.32 Å². The van der Waals surface area contributed by atoms with Crippen LogP contribution in [0.15, 0.2) is 42.7 Å². The summed E-state index contributed by atoms with van der Waals surface area (Å²) in [5.41, 5.74) is 0.723. The summed E-state index contributed by atoms with van der Waals surface area (Å²) in [5, 5.41) is 2.49. The Balaban J connectivity index is 2.00. The van der Waals surface area contributed by atoms with Crippen molar-refractivity contribution in [3.8, 4) is 0 Å².